The number of nitrogens with zero attached hydrogens (tertiary/aromatic N) is 3. The van der Waals surface area contributed by atoms with Crippen LogP contribution in [0.1, 0.15) is 11.8 Å². The predicted octanol–water partition coefficient (Wildman–Crippen LogP) is 4.85. The number of aliphatic imine (C=N–C) groups is 1. The van der Waals surface area contributed by atoms with Crippen molar-refractivity contribution in [3.8, 4) is 22.4 Å². The smallest absolute Gasteiger partial charge is 0.239 e. The predicted molar refractivity (Wildman–Crippen MR) is 131 cm³/mol. The van der Waals surface area contributed by atoms with Gasteiger partial charge in [0.15, 0.2) is 0 Å². The first-order chi connectivity index (χ1) is 16.5. The average molecular weight is 517 g/mol. The van der Waals surface area contributed by atoms with Gasteiger partial charge in [0.25, 0.3) is 0 Å². The molecule has 0 amide bonds. The summed E-state index contributed by atoms with van der Waals surface area (Å²) in [5, 5.41) is 0.322. The van der Waals surface area contributed by atoms with Gasteiger partial charge in [0, 0.05) is 46.1 Å². The van der Waals surface area contributed by atoms with E-state index in [1.54, 1.807) is 37.3 Å². The Balaban J connectivity index is 1.60. The van der Waals surface area contributed by atoms with Gasteiger partial charge in [-0.05, 0) is 25.1 Å². The number of halogens is 3. The molecule has 0 bridgehead atoms. The van der Waals surface area contributed by atoms with Crippen LogP contribution in [0, 0.1) is 17.5 Å². The lowest BCUT2D eigenvalue weighted by Crippen LogP contribution is -2.50. The minimum absolute atomic E-state index is 0.160. The molecule has 4 aromatic rings. The zero-order valence-corrected chi connectivity index (χ0v) is 20.2. The number of benzene rings is 2. The number of thiophene rings is 1. The Labute approximate surface area is 203 Å². The highest BCUT2D eigenvalue weighted by molar-refractivity contribution is 7.89. The van der Waals surface area contributed by atoms with E-state index in [0.29, 0.717) is 26.9 Å². The zero-order chi connectivity index (χ0) is 25.1. The molecule has 5 rings (SSSR count). The summed E-state index contributed by atoms with van der Waals surface area (Å²) >= 11 is 1.11. The number of fused-ring (bicyclic) bond motifs is 1. The molecule has 1 unspecified atom stereocenters. The number of hydrogen-bond donors (Lipinski definition) is 1. The van der Waals surface area contributed by atoms with Gasteiger partial charge in [0.2, 0.25) is 16.0 Å². The molecule has 35 heavy (non-hydrogen) atoms. The molecule has 180 valence electrons. The molecule has 2 aromatic carbocycles. The fourth-order valence-electron chi connectivity index (χ4n) is 4.14. The number of hydrogen-bond acceptors (Lipinski definition) is 6. The number of sulfonamides is 1. The van der Waals surface area contributed by atoms with Crippen molar-refractivity contribution in [2.45, 2.75) is 12.5 Å². The molecule has 0 fully saturated rings. The number of aromatic nitrogens is 1. The molecule has 1 aliphatic rings. The third-order valence-electron chi connectivity index (χ3n) is 5.99. The molecule has 0 saturated carbocycles. The Morgan fingerprint density at radius 3 is 2.51 bits per heavy atom. The Morgan fingerprint density at radius 2 is 1.86 bits per heavy atom. The van der Waals surface area contributed by atoms with Crippen LogP contribution in [0.25, 0.3) is 32.5 Å². The van der Waals surface area contributed by atoms with Crippen molar-refractivity contribution in [2.75, 3.05) is 12.8 Å². The second kappa shape index (κ2) is 8.06. The van der Waals surface area contributed by atoms with E-state index in [2.05, 4.69) is 9.98 Å². The lowest BCUT2D eigenvalue weighted by Gasteiger charge is -2.33. The molecule has 2 aromatic heterocycles. The van der Waals surface area contributed by atoms with Crippen LogP contribution in [0.3, 0.4) is 0 Å². The Hall–Kier alpha value is -3.44. The molecule has 0 spiro atoms. The minimum Gasteiger partial charge on any atom is -0.369 e. The van der Waals surface area contributed by atoms with E-state index >= 15 is 4.39 Å². The molecular weight excluding hydrogens is 497 g/mol. The normalized spacial score (nSPS) is 19.7. The van der Waals surface area contributed by atoms with Gasteiger partial charge in [-0.2, -0.15) is 0 Å². The topological polar surface area (TPSA) is 88.7 Å². The summed E-state index contributed by atoms with van der Waals surface area (Å²) in [6.45, 7) is 1.55. The highest BCUT2D eigenvalue weighted by Crippen LogP contribution is 2.44. The third kappa shape index (κ3) is 3.84. The number of pyridine rings is 1. The highest BCUT2D eigenvalue weighted by atomic mass is 32.2. The van der Waals surface area contributed by atoms with Crippen molar-refractivity contribution in [1.82, 2.24) is 9.29 Å². The Morgan fingerprint density at radius 1 is 1.09 bits per heavy atom. The molecule has 2 N–H and O–H groups in total. The van der Waals surface area contributed by atoms with Gasteiger partial charge >= 0.3 is 0 Å². The summed E-state index contributed by atoms with van der Waals surface area (Å²) < 4.78 is 69.6. The van der Waals surface area contributed by atoms with Crippen LogP contribution < -0.4 is 5.73 Å². The maximum atomic E-state index is 15.6. The summed E-state index contributed by atoms with van der Waals surface area (Å²) in [6, 6.07) is 11.7. The quantitative estimate of drug-likeness (QED) is 0.422. The maximum absolute atomic E-state index is 15.6. The highest BCUT2D eigenvalue weighted by Gasteiger charge is 2.43. The van der Waals surface area contributed by atoms with Gasteiger partial charge in [-0.3, -0.25) is 4.98 Å². The van der Waals surface area contributed by atoms with Crippen molar-refractivity contribution < 1.29 is 21.6 Å². The lowest BCUT2D eigenvalue weighted by atomic mass is 10.0. The van der Waals surface area contributed by atoms with Crippen LogP contribution in [-0.2, 0) is 15.6 Å². The summed E-state index contributed by atoms with van der Waals surface area (Å²) in [5.74, 6) is -2.58. The standard InChI is InChI=1S/C24H19F3N4O2S2/c1-24(12-35(32,33)31(2)23(28)30-24)22-20(27)17-5-3-4-15(21(17)34-22)13-6-9-19(29-11-13)16-8-7-14(25)10-18(16)26/h3-11H,12H2,1-2H3,(H2,28,30). The molecule has 0 saturated heterocycles. The van der Waals surface area contributed by atoms with Crippen LogP contribution in [0.15, 0.2) is 59.7 Å². The monoisotopic (exact) mass is 516 g/mol. The minimum atomic E-state index is -3.77. The number of nitrogens with two attached hydrogens (primary N) is 1. The first-order valence-corrected chi connectivity index (χ1v) is 12.9. The van der Waals surface area contributed by atoms with Crippen LogP contribution in [0.4, 0.5) is 13.2 Å². The second-order valence-electron chi connectivity index (χ2n) is 8.45. The van der Waals surface area contributed by atoms with E-state index in [4.69, 9.17) is 5.73 Å². The van der Waals surface area contributed by atoms with Gasteiger partial charge in [-0.1, -0.05) is 24.3 Å². The van der Waals surface area contributed by atoms with Gasteiger partial charge in [-0.15, -0.1) is 11.3 Å². The molecule has 3 heterocycles. The van der Waals surface area contributed by atoms with E-state index < -0.39 is 38.8 Å². The van der Waals surface area contributed by atoms with Crippen molar-refractivity contribution in [1.29, 1.82) is 0 Å². The summed E-state index contributed by atoms with van der Waals surface area (Å²) in [6.07, 6.45) is 1.53. The average Bonchev–Trinajstić information content (AvgIpc) is 3.15. The van der Waals surface area contributed by atoms with Crippen LogP contribution in [0.2, 0.25) is 0 Å². The molecule has 6 nitrogen and oxygen atoms in total. The fourth-order valence-corrected chi connectivity index (χ4v) is 6.97. The first kappa shape index (κ1) is 23.3. The van der Waals surface area contributed by atoms with Crippen LogP contribution >= 0.6 is 11.3 Å². The lowest BCUT2D eigenvalue weighted by molar-refractivity contribution is 0.467. The Bertz CT molecular complexity index is 1620. The van der Waals surface area contributed by atoms with Crippen LogP contribution in [0.5, 0.6) is 0 Å². The molecule has 1 aliphatic heterocycles. The largest absolute Gasteiger partial charge is 0.369 e. The third-order valence-corrected chi connectivity index (χ3v) is 9.41. The van der Waals surface area contributed by atoms with Crippen LogP contribution in [-0.4, -0.2) is 36.5 Å². The molecule has 11 heteroatoms. The van der Waals surface area contributed by atoms with Crippen molar-refractivity contribution in [3.63, 3.8) is 0 Å². The van der Waals surface area contributed by atoms with Gasteiger partial charge in [0.1, 0.15) is 23.0 Å². The van der Waals surface area contributed by atoms with Gasteiger partial charge in [-0.25, -0.2) is 30.9 Å². The van der Waals surface area contributed by atoms with E-state index in [1.807, 2.05) is 0 Å². The van der Waals surface area contributed by atoms with E-state index in [1.165, 1.54) is 19.3 Å². The van der Waals surface area contributed by atoms with Crippen molar-refractivity contribution in [3.05, 3.63) is 77.1 Å². The molecule has 0 aliphatic carbocycles. The van der Waals surface area contributed by atoms with Gasteiger partial charge in [0.05, 0.1) is 16.3 Å². The number of rotatable bonds is 3. The van der Waals surface area contributed by atoms with Crippen molar-refractivity contribution in [2.24, 2.45) is 10.7 Å². The van der Waals surface area contributed by atoms with Crippen molar-refractivity contribution >= 4 is 37.4 Å². The van der Waals surface area contributed by atoms with Gasteiger partial charge < -0.3 is 5.73 Å². The van der Waals surface area contributed by atoms with E-state index in [-0.39, 0.29) is 16.4 Å². The Kier molecular flexibility index (Phi) is 5.37. The summed E-state index contributed by atoms with van der Waals surface area (Å²) in [4.78, 5) is 8.80. The first-order valence-electron chi connectivity index (χ1n) is 10.5. The maximum Gasteiger partial charge on any atom is 0.239 e. The second-order valence-corrected chi connectivity index (χ2v) is 11.5. The summed E-state index contributed by atoms with van der Waals surface area (Å²) in [7, 11) is -2.46. The summed E-state index contributed by atoms with van der Waals surface area (Å²) in [5.41, 5.74) is 6.26. The molecule has 0 radical (unpaired) electrons. The molecule has 1 atom stereocenters. The van der Waals surface area contributed by atoms with E-state index in [9.17, 15) is 17.2 Å². The van der Waals surface area contributed by atoms with E-state index in [0.717, 1.165) is 27.8 Å². The SMILES string of the molecule is CN1C(N)=NC(C)(c2sc3c(-c4ccc(-c5ccc(F)cc5F)nc4)cccc3c2F)CS1(=O)=O. The zero-order valence-electron chi connectivity index (χ0n) is 18.6. The fraction of sp³-hybridized carbons (Fsp3) is 0.167. The number of guanidine groups is 1. The molecular formula is C24H19F3N4O2S2.